The quantitative estimate of drug-likeness (QED) is 0.901. The van der Waals surface area contributed by atoms with Gasteiger partial charge in [-0.3, -0.25) is 0 Å². The van der Waals surface area contributed by atoms with Crippen LogP contribution in [-0.4, -0.2) is 47.7 Å². The molecule has 1 N–H and O–H groups in total. The summed E-state index contributed by atoms with van der Waals surface area (Å²) in [5.41, 5.74) is 0. The van der Waals surface area contributed by atoms with Crippen molar-refractivity contribution in [3.63, 3.8) is 0 Å². The first-order valence-corrected chi connectivity index (χ1v) is 7.79. The van der Waals surface area contributed by atoms with Crippen LogP contribution in [0.15, 0.2) is 0 Å². The first-order chi connectivity index (χ1) is 9.83. The summed E-state index contributed by atoms with van der Waals surface area (Å²) in [5, 5.41) is 3.08. The zero-order valence-corrected chi connectivity index (χ0v) is 12.0. The monoisotopic (exact) mass is 274 g/mol. The lowest BCUT2D eigenvalue weighted by molar-refractivity contribution is 0.546. The summed E-state index contributed by atoms with van der Waals surface area (Å²) in [5.74, 6) is 3.27. The minimum atomic E-state index is 0.651. The third kappa shape index (κ3) is 1.98. The van der Waals surface area contributed by atoms with E-state index in [1.165, 1.54) is 32.1 Å². The van der Waals surface area contributed by atoms with Gasteiger partial charge in [0.25, 0.3) is 0 Å². The maximum Gasteiger partial charge on any atom is 0.232 e. The standard InChI is InChI=1S/C14H22N6/c1-15-12-16-13(19-6-2-3-7-19)18-14(17-12)20-9-10-4-5-11(20)8-10/h10-11H,2-9H2,1H3,(H,15,16,17,18). The van der Waals surface area contributed by atoms with Crippen LogP contribution >= 0.6 is 0 Å². The Kier molecular flexibility index (Phi) is 2.89. The summed E-state index contributed by atoms with van der Waals surface area (Å²) >= 11 is 0. The van der Waals surface area contributed by atoms with Gasteiger partial charge in [-0.25, -0.2) is 0 Å². The van der Waals surface area contributed by atoms with Gasteiger partial charge in [-0.2, -0.15) is 15.0 Å². The molecule has 6 nitrogen and oxygen atoms in total. The molecule has 2 bridgehead atoms. The summed E-state index contributed by atoms with van der Waals surface area (Å²) in [6, 6.07) is 0.651. The molecule has 2 saturated heterocycles. The van der Waals surface area contributed by atoms with Crippen LogP contribution in [0.1, 0.15) is 32.1 Å². The van der Waals surface area contributed by atoms with Gasteiger partial charge in [0.05, 0.1) is 0 Å². The normalized spacial score (nSPS) is 28.4. The Morgan fingerprint density at radius 2 is 1.85 bits per heavy atom. The van der Waals surface area contributed by atoms with Gasteiger partial charge in [-0.15, -0.1) is 0 Å². The molecule has 1 aromatic rings. The van der Waals surface area contributed by atoms with E-state index in [1.54, 1.807) is 0 Å². The molecule has 20 heavy (non-hydrogen) atoms. The van der Waals surface area contributed by atoms with Crippen LogP contribution in [0.5, 0.6) is 0 Å². The minimum absolute atomic E-state index is 0.651. The van der Waals surface area contributed by atoms with Gasteiger partial charge in [0.1, 0.15) is 0 Å². The van der Waals surface area contributed by atoms with Crippen molar-refractivity contribution in [3.05, 3.63) is 0 Å². The van der Waals surface area contributed by atoms with Gasteiger partial charge >= 0.3 is 0 Å². The number of aromatic nitrogens is 3. The molecule has 0 radical (unpaired) electrons. The van der Waals surface area contributed by atoms with Gasteiger partial charge < -0.3 is 15.1 Å². The van der Waals surface area contributed by atoms with Gasteiger partial charge in [0, 0.05) is 32.7 Å². The highest BCUT2D eigenvalue weighted by atomic mass is 15.4. The molecule has 4 rings (SSSR count). The molecule has 3 fully saturated rings. The number of hydrogen-bond acceptors (Lipinski definition) is 6. The number of fused-ring (bicyclic) bond motifs is 2. The van der Waals surface area contributed by atoms with Crippen molar-refractivity contribution in [2.75, 3.05) is 41.8 Å². The molecule has 2 aliphatic heterocycles. The number of hydrogen-bond donors (Lipinski definition) is 1. The number of nitrogens with zero attached hydrogens (tertiary/aromatic N) is 5. The van der Waals surface area contributed by atoms with Gasteiger partial charge in [-0.1, -0.05) is 0 Å². The zero-order chi connectivity index (χ0) is 13.5. The van der Waals surface area contributed by atoms with Crippen molar-refractivity contribution in [1.82, 2.24) is 15.0 Å². The molecule has 1 aromatic heterocycles. The van der Waals surface area contributed by atoms with E-state index >= 15 is 0 Å². The maximum atomic E-state index is 4.75. The zero-order valence-electron chi connectivity index (χ0n) is 12.0. The predicted molar refractivity (Wildman–Crippen MR) is 79.3 cm³/mol. The summed E-state index contributed by atoms with van der Waals surface area (Å²) in [7, 11) is 1.88. The van der Waals surface area contributed by atoms with Crippen molar-refractivity contribution >= 4 is 17.8 Å². The molecule has 1 aliphatic carbocycles. The van der Waals surface area contributed by atoms with Crippen LogP contribution in [0.4, 0.5) is 17.8 Å². The number of nitrogens with one attached hydrogen (secondary N) is 1. The Hall–Kier alpha value is -1.59. The highest BCUT2D eigenvalue weighted by Gasteiger charge is 2.39. The summed E-state index contributed by atoms with van der Waals surface area (Å²) in [6.45, 7) is 3.26. The van der Waals surface area contributed by atoms with E-state index in [4.69, 9.17) is 4.98 Å². The second kappa shape index (κ2) is 4.75. The topological polar surface area (TPSA) is 57.2 Å². The van der Waals surface area contributed by atoms with Crippen LogP contribution in [0.25, 0.3) is 0 Å². The Bertz CT molecular complexity index is 498. The summed E-state index contributed by atoms with van der Waals surface area (Å²) < 4.78 is 0. The lowest BCUT2D eigenvalue weighted by atomic mass is 10.1. The lowest BCUT2D eigenvalue weighted by Crippen LogP contribution is -2.34. The molecule has 2 unspecified atom stereocenters. The van der Waals surface area contributed by atoms with Crippen molar-refractivity contribution < 1.29 is 0 Å². The summed E-state index contributed by atoms with van der Waals surface area (Å²) in [4.78, 5) is 18.6. The van der Waals surface area contributed by atoms with E-state index in [0.717, 1.165) is 37.4 Å². The first-order valence-electron chi connectivity index (χ1n) is 7.79. The second-order valence-corrected chi connectivity index (χ2v) is 6.19. The highest BCUT2D eigenvalue weighted by molar-refractivity contribution is 5.47. The fourth-order valence-corrected chi connectivity index (χ4v) is 3.82. The minimum Gasteiger partial charge on any atom is -0.357 e. The lowest BCUT2D eigenvalue weighted by Gasteiger charge is -2.28. The highest BCUT2D eigenvalue weighted by Crippen LogP contribution is 2.39. The maximum absolute atomic E-state index is 4.75. The molecule has 1 saturated carbocycles. The fourth-order valence-electron chi connectivity index (χ4n) is 3.82. The van der Waals surface area contributed by atoms with Crippen molar-refractivity contribution in [1.29, 1.82) is 0 Å². The molecule has 0 amide bonds. The average Bonchev–Trinajstić information content (AvgIpc) is 3.23. The Morgan fingerprint density at radius 3 is 2.50 bits per heavy atom. The largest absolute Gasteiger partial charge is 0.357 e. The first kappa shape index (κ1) is 12.2. The molecule has 3 heterocycles. The smallest absolute Gasteiger partial charge is 0.232 e. The SMILES string of the molecule is CNc1nc(N2CCCC2)nc(N2CC3CCC2C3)n1. The average molecular weight is 274 g/mol. The Balaban J connectivity index is 1.66. The van der Waals surface area contributed by atoms with E-state index in [9.17, 15) is 0 Å². The van der Waals surface area contributed by atoms with E-state index in [0.29, 0.717) is 12.0 Å². The van der Waals surface area contributed by atoms with Gasteiger partial charge in [-0.05, 0) is 38.0 Å². The van der Waals surface area contributed by atoms with Gasteiger partial charge in [0.15, 0.2) is 0 Å². The molecular weight excluding hydrogens is 252 g/mol. The van der Waals surface area contributed by atoms with E-state index in [1.807, 2.05) is 7.05 Å². The van der Waals surface area contributed by atoms with E-state index in [2.05, 4.69) is 25.1 Å². The number of anilines is 3. The summed E-state index contributed by atoms with van der Waals surface area (Å²) in [6.07, 6.45) is 6.47. The Labute approximate surface area is 119 Å². The molecule has 6 heteroatoms. The molecule has 0 spiro atoms. The molecule has 3 aliphatic rings. The molecule has 0 aromatic carbocycles. The van der Waals surface area contributed by atoms with Crippen molar-refractivity contribution in [3.8, 4) is 0 Å². The predicted octanol–water partition coefficient (Wildman–Crippen LogP) is 1.50. The third-order valence-corrected chi connectivity index (χ3v) is 4.89. The van der Waals surface area contributed by atoms with Crippen molar-refractivity contribution in [2.24, 2.45) is 5.92 Å². The van der Waals surface area contributed by atoms with Crippen LogP contribution in [-0.2, 0) is 0 Å². The number of piperidine rings is 1. The Morgan fingerprint density at radius 1 is 1.05 bits per heavy atom. The van der Waals surface area contributed by atoms with Gasteiger partial charge in [0.2, 0.25) is 17.8 Å². The fraction of sp³-hybridized carbons (Fsp3) is 0.786. The molecule has 108 valence electrons. The second-order valence-electron chi connectivity index (χ2n) is 6.19. The van der Waals surface area contributed by atoms with E-state index < -0.39 is 0 Å². The third-order valence-electron chi connectivity index (χ3n) is 4.89. The molecular formula is C14H22N6. The van der Waals surface area contributed by atoms with Crippen LogP contribution in [0.3, 0.4) is 0 Å². The number of rotatable bonds is 3. The van der Waals surface area contributed by atoms with Crippen LogP contribution < -0.4 is 15.1 Å². The van der Waals surface area contributed by atoms with E-state index in [-0.39, 0.29) is 0 Å². The molecule has 2 atom stereocenters. The van der Waals surface area contributed by atoms with Crippen molar-refractivity contribution in [2.45, 2.75) is 38.1 Å². The van der Waals surface area contributed by atoms with Crippen LogP contribution in [0, 0.1) is 5.92 Å². The van der Waals surface area contributed by atoms with Crippen LogP contribution in [0.2, 0.25) is 0 Å².